The highest BCUT2D eigenvalue weighted by molar-refractivity contribution is 9.09. The molecule has 0 rings (SSSR count). The summed E-state index contributed by atoms with van der Waals surface area (Å²) < 4.78 is 0. The van der Waals surface area contributed by atoms with E-state index in [1.54, 1.807) is 0 Å². The van der Waals surface area contributed by atoms with Crippen LogP contribution in [0.4, 0.5) is 0 Å². The van der Waals surface area contributed by atoms with Gasteiger partial charge in [-0.2, -0.15) is 0 Å². The van der Waals surface area contributed by atoms with E-state index in [4.69, 9.17) is 11.5 Å². The molecule has 0 heterocycles. The van der Waals surface area contributed by atoms with Crippen molar-refractivity contribution in [2.45, 2.75) is 4.83 Å². The first kappa shape index (κ1) is 6.40. The number of nitrogens with two attached hydrogens (primary N) is 2. The number of halogens is 1. The molecule has 0 aromatic heterocycles. The Morgan fingerprint density at radius 1 is 1.33 bits per heavy atom. The molecule has 0 saturated heterocycles. The summed E-state index contributed by atoms with van der Waals surface area (Å²) in [5, 5.41) is 0. The van der Waals surface area contributed by atoms with Gasteiger partial charge in [-0.1, -0.05) is 15.9 Å². The van der Waals surface area contributed by atoms with E-state index in [2.05, 4.69) is 15.9 Å². The van der Waals surface area contributed by atoms with Crippen LogP contribution in [0.15, 0.2) is 0 Å². The fourth-order valence-corrected chi connectivity index (χ4v) is 0.0962. The van der Waals surface area contributed by atoms with Crippen molar-refractivity contribution >= 4 is 15.9 Å². The van der Waals surface area contributed by atoms with E-state index in [9.17, 15) is 0 Å². The standard InChI is InChI=1S/C3H9BrN2/c4-3(1-5)2-6/h3H,1-2,5-6H2. The maximum absolute atomic E-state index is 5.16. The summed E-state index contributed by atoms with van der Waals surface area (Å²) in [6.07, 6.45) is 0. The first-order valence-electron chi connectivity index (χ1n) is 1.85. The molecule has 0 saturated carbocycles. The Bertz CT molecular complexity index is 28.0. The third-order valence-corrected chi connectivity index (χ3v) is 1.26. The largest absolute Gasteiger partial charge is 0.329 e. The van der Waals surface area contributed by atoms with Crippen LogP contribution in [-0.4, -0.2) is 17.9 Å². The van der Waals surface area contributed by atoms with E-state index in [1.165, 1.54) is 0 Å². The van der Waals surface area contributed by atoms with Crippen LogP contribution in [0.2, 0.25) is 0 Å². The van der Waals surface area contributed by atoms with Gasteiger partial charge in [0.2, 0.25) is 0 Å². The zero-order valence-corrected chi connectivity index (χ0v) is 5.11. The van der Waals surface area contributed by atoms with Crippen LogP contribution >= 0.6 is 15.9 Å². The minimum absolute atomic E-state index is 0.303. The molecule has 0 unspecified atom stereocenters. The van der Waals surface area contributed by atoms with Gasteiger partial charge in [0.05, 0.1) is 0 Å². The second kappa shape index (κ2) is 3.59. The van der Waals surface area contributed by atoms with Gasteiger partial charge in [0, 0.05) is 17.9 Å². The summed E-state index contributed by atoms with van der Waals surface area (Å²) in [6.45, 7) is 1.24. The second-order valence-electron chi connectivity index (χ2n) is 1.07. The molecule has 6 heavy (non-hydrogen) atoms. The van der Waals surface area contributed by atoms with Crippen LogP contribution in [0.5, 0.6) is 0 Å². The lowest BCUT2D eigenvalue weighted by molar-refractivity contribution is 0.877. The van der Waals surface area contributed by atoms with Crippen molar-refractivity contribution in [2.75, 3.05) is 13.1 Å². The Morgan fingerprint density at radius 3 is 1.67 bits per heavy atom. The lowest BCUT2D eigenvalue weighted by atomic mass is 10.4. The number of hydrogen-bond acceptors (Lipinski definition) is 2. The van der Waals surface area contributed by atoms with Gasteiger partial charge in [-0.15, -0.1) is 0 Å². The lowest BCUT2D eigenvalue weighted by Crippen LogP contribution is -2.22. The Kier molecular flexibility index (Phi) is 3.82. The smallest absolute Gasteiger partial charge is 0.0390 e. The molecule has 38 valence electrons. The summed E-state index contributed by atoms with van der Waals surface area (Å²) in [6, 6.07) is 0. The Morgan fingerprint density at radius 2 is 1.67 bits per heavy atom. The van der Waals surface area contributed by atoms with E-state index in [0.29, 0.717) is 17.9 Å². The molecular weight excluding hydrogens is 144 g/mol. The third-order valence-electron chi connectivity index (χ3n) is 0.512. The molecule has 0 atom stereocenters. The van der Waals surface area contributed by atoms with Crippen LogP contribution < -0.4 is 11.5 Å². The highest BCUT2D eigenvalue weighted by Gasteiger charge is 1.91. The summed E-state index contributed by atoms with van der Waals surface area (Å²) >= 11 is 3.23. The van der Waals surface area contributed by atoms with Crippen LogP contribution in [0.3, 0.4) is 0 Å². The number of rotatable bonds is 2. The van der Waals surface area contributed by atoms with Gasteiger partial charge in [-0.3, -0.25) is 0 Å². The molecule has 0 bridgehead atoms. The van der Waals surface area contributed by atoms with Gasteiger partial charge in [0.1, 0.15) is 0 Å². The average Bonchev–Trinajstić information content (AvgIpc) is 1.65. The summed E-state index contributed by atoms with van der Waals surface area (Å²) in [5.74, 6) is 0. The monoisotopic (exact) mass is 152 g/mol. The van der Waals surface area contributed by atoms with Crippen LogP contribution in [0.1, 0.15) is 0 Å². The Labute approximate surface area is 46.0 Å². The van der Waals surface area contributed by atoms with Crippen molar-refractivity contribution in [3.05, 3.63) is 0 Å². The van der Waals surface area contributed by atoms with Crippen molar-refractivity contribution in [2.24, 2.45) is 11.5 Å². The van der Waals surface area contributed by atoms with E-state index >= 15 is 0 Å². The van der Waals surface area contributed by atoms with Crippen molar-refractivity contribution in [1.29, 1.82) is 0 Å². The number of hydrogen-bond donors (Lipinski definition) is 2. The quantitative estimate of drug-likeness (QED) is 0.533. The fraction of sp³-hybridized carbons (Fsp3) is 1.00. The zero-order valence-electron chi connectivity index (χ0n) is 3.52. The van der Waals surface area contributed by atoms with Gasteiger partial charge < -0.3 is 11.5 Å². The maximum atomic E-state index is 5.16. The van der Waals surface area contributed by atoms with Gasteiger partial charge in [-0.05, 0) is 0 Å². The molecule has 0 radical (unpaired) electrons. The SMILES string of the molecule is NCC(Br)CN. The Hall–Kier alpha value is 0.400. The maximum Gasteiger partial charge on any atom is 0.0390 e. The molecular formula is C3H9BrN2. The van der Waals surface area contributed by atoms with E-state index in [0.717, 1.165) is 0 Å². The molecule has 0 fully saturated rings. The molecule has 2 nitrogen and oxygen atoms in total. The first-order valence-corrected chi connectivity index (χ1v) is 2.77. The van der Waals surface area contributed by atoms with Crippen LogP contribution in [-0.2, 0) is 0 Å². The summed E-state index contributed by atoms with van der Waals surface area (Å²) in [4.78, 5) is 0.303. The van der Waals surface area contributed by atoms with E-state index in [-0.39, 0.29) is 0 Å². The fourth-order valence-electron chi connectivity index (χ4n) is 0.0962. The van der Waals surface area contributed by atoms with Crippen molar-refractivity contribution < 1.29 is 0 Å². The van der Waals surface area contributed by atoms with Gasteiger partial charge in [0.15, 0.2) is 0 Å². The zero-order chi connectivity index (χ0) is 4.99. The lowest BCUT2D eigenvalue weighted by Gasteiger charge is -1.96. The van der Waals surface area contributed by atoms with E-state index < -0.39 is 0 Å². The summed E-state index contributed by atoms with van der Waals surface area (Å²) in [7, 11) is 0. The molecule has 0 amide bonds. The van der Waals surface area contributed by atoms with Crippen molar-refractivity contribution in [3.8, 4) is 0 Å². The van der Waals surface area contributed by atoms with Crippen LogP contribution in [0, 0.1) is 0 Å². The molecule has 0 aliphatic heterocycles. The molecule has 4 N–H and O–H groups in total. The molecule has 3 heteroatoms. The molecule has 0 aliphatic carbocycles. The Balaban J connectivity index is 2.75. The van der Waals surface area contributed by atoms with Crippen molar-refractivity contribution in [3.63, 3.8) is 0 Å². The normalized spacial score (nSPS) is 10.0. The topological polar surface area (TPSA) is 52.0 Å². The van der Waals surface area contributed by atoms with E-state index in [1.807, 2.05) is 0 Å². The molecule has 0 aromatic rings. The van der Waals surface area contributed by atoms with Gasteiger partial charge in [-0.25, -0.2) is 0 Å². The number of alkyl halides is 1. The predicted molar refractivity (Wildman–Crippen MR) is 30.8 cm³/mol. The highest BCUT2D eigenvalue weighted by Crippen LogP contribution is 1.89. The van der Waals surface area contributed by atoms with Crippen molar-refractivity contribution in [1.82, 2.24) is 0 Å². The molecule has 0 aromatic carbocycles. The summed E-state index contributed by atoms with van der Waals surface area (Å²) in [5.41, 5.74) is 10.3. The average molecular weight is 153 g/mol. The third kappa shape index (κ3) is 2.63. The minimum Gasteiger partial charge on any atom is -0.329 e. The van der Waals surface area contributed by atoms with Gasteiger partial charge in [0.25, 0.3) is 0 Å². The van der Waals surface area contributed by atoms with Gasteiger partial charge >= 0.3 is 0 Å². The highest BCUT2D eigenvalue weighted by atomic mass is 79.9. The minimum atomic E-state index is 0.303. The molecule has 0 spiro atoms. The predicted octanol–water partition coefficient (Wildman–Crippen LogP) is -0.333. The second-order valence-corrected chi connectivity index (χ2v) is 2.36. The first-order chi connectivity index (χ1) is 2.81. The molecule has 0 aliphatic rings. The van der Waals surface area contributed by atoms with Crippen LogP contribution in [0.25, 0.3) is 0 Å².